The first kappa shape index (κ1) is 18.2. The zero-order valence-electron chi connectivity index (χ0n) is 15.4. The summed E-state index contributed by atoms with van der Waals surface area (Å²) in [4.78, 5) is 12.6. The van der Waals surface area contributed by atoms with Crippen molar-refractivity contribution in [3.8, 4) is 0 Å². The van der Waals surface area contributed by atoms with Crippen LogP contribution in [0.3, 0.4) is 0 Å². The number of anilines is 1. The Kier molecular flexibility index (Phi) is 6.42. The molecule has 136 valence electrons. The van der Waals surface area contributed by atoms with E-state index in [1.807, 2.05) is 0 Å². The average molecular weight is 351 g/mol. The van der Waals surface area contributed by atoms with Crippen LogP contribution in [0.25, 0.3) is 12.2 Å². The van der Waals surface area contributed by atoms with Crippen LogP contribution in [-0.4, -0.2) is 26.2 Å². The Bertz CT molecular complexity index is 747. The normalized spacial score (nSPS) is 14.1. The van der Waals surface area contributed by atoms with Gasteiger partial charge in [-0.3, -0.25) is 4.79 Å². The van der Waals surface area contributed by atoms with Crippen LogP contribution in [0, 0.1) is 6.92 Å². The lowest BCUT2D eigenvalue weighted by molar-refractivity contribution is -0.703. The van der Waals surface area contributed by atoms with E-state index in [1.54, 1.807) is 0 Å². The molecule has 0 saturated carbocycles. The van der Waals surface area contributed by atoms with E-state index in [9.17, 15) is 4.79 Å². The van der Waals surface area contributed by atoms with Crippen LogP contribution in [0.4, 0.5) is 5.69 Å². The molecule has 1 saturated heterocycles. The lowest BCUT2D eigenvalue weighted by atomic mass is 10.1. The predicted octanol–water partition coefficient (Wildman–Crippen LogP) is 3.62. The number of aryl methyl sites for hydroxylation is 2. The zero-order chi connectivity index (χ0) is 18.2. The Morgan fingerprint density at radius 1 is 1.08 bits per heavy atom. The third-order valence-electron chi connectivity index (χ3n) is 4.84. The first-order valence-corrected chi connectivity index (χ1v) is 9.35. The number of hydrogen-bond acceptors (Lipinski definition) is 3. The quantitative estimate of drug-likeness (QED) is 0.414. The summed E-state index contributed by atoms with van der Waals surface area (Å²) < 4.78 is 6.92. The average Bonchev–Trinajstić information content (AvgIpc) is 3.20. The summed E-state index contributed by atoms with van der Waals surface area (Å²) in [6, 6.07) is 13.1. The van der Waals surface area contributed by atoms with Crippen molar-refractivity contribution >= 4 is 24.3 Å². The van der Waals surface area contributed by atoms with Crippen molar-refractivity contribution in [3.63, 3.8) is 0 Å². The van der Waals surface area contributed by atoms with E-state index in [2.05, 4.69) is 71.1 Å². The number of carbonyl (C=O) groups excluding carboxylic acids is 1. The SMILES string of the molecule is Cc1cc(/C=C/c2ccc(N3CCCC3)cc2)cc[n+]1CCCOC=O. The highest BCUT2D eigenvalue weighted by Crippen LogP contribution is 2.21. The Morgan fingerprint density at radius 2 is 1.81 bits per heavy atom. The summed E-state index contributed by atoms with van der Waals surface area (Å²) in [6.07, 6.45) is 9.83. The first-order chi connectivity index (χ1) is 12.8. The fourth-order valence-corrected chi connectivity index (χ4v) is 3.35. The van der Waals surface area contributed by atoms with E-state index in [-0.39, 0.29) is 0 Å². The van der Waals surface area contributed by atoms with Crippen molar-refractivity contribution in [1.82, 2.24) is 0 Å². The van der Waals surface area contributed by atoms with Crippen LogP contribution in [0.2, 0.25) is 0 Å². The molecule has 3 rings (SSSR count). The highest BCUT2D eigenvalue weighted by atomic mass is 16.5. The second kappa shape index (κ2) is 9.18. The fraction of sp³-hybridized carbons (Fsp3) is 0.364. The second-order valence-corrected chi connectivity index (χ2v) is 6.73. The molecular formula is C22H27N2O2+. The van der Waals surface area contributed by atoms with Gasteiger partial charge in [-0.25, -0.2) is 4.57 Å². The molecule has 0 atom stereocenters. The molecule has 1 aromatic heterocycles. The fourth-order valence-electron chi connectivity index (χ4n) is 3.35. The molecule has 4 nitrogen and oxygen atoms in total. The number of rotatable bonds is 8. The number of hydrogen-bond donors (Lipinski definition) is 0. The maximum atomic E-state index is 10.2. The first-order valence-electron chi connectivity index (χ1n) is 9.35. The minimum absolute atomic E-state index is 0.463. The molecule has 0 bridgehead atoms. The highest BCUT2D eigenvalue weighted by molar-refractivity contribution is 5.70. The molecule has 1 aliphatic heterocycles. The summed E-state index contributed by atoms with van der Waals surface area (Å²) in [5, 5.41) is 0. The number of ether oxygens (including phenoxy) is 1. The van der Waals surface area contributed by atoms with E-state index in [0.717, 1.165) is 13.0 Å². The molecule has 0 aliphatic carbocycles. The van der Waals surface area contributed by atoms with Crippen LogP contribution < -0.4 is 9.47 Å². The Labute approximate surface area is 155 Å². The standard InChI is InChI=1S/C22H27N2O2/c1-19-17-21(11-15-23(19)14-4-16-26-18-25)6-5-20-7-9-22(10-8-20)24-12-2-3-13-24/h5-11,15,17-18H,2-4,12-14,16H2,1H3/q+1. The van der Waals surface area contributed by atoms with E-state index >= 15 is 0 Å². The maximum absolute atomic E-state index is 10.2. The van der Waals surface area contributed by atoms with Gasteiger partial charge in [-0.05, 0) is 36.1 Å². The van der Waals surface area contributed by atoms with E-state index in [0.29, 0.717) is 13.1 Å². The molecular weight excluding hydrogens is 324 g/mol. The van der Waals surface area contributed by atoms with Gasteiger partial charge in [0, 0.05) is 44.3 Å². The van der Waals surface area contributed by atoms with Crippen LogP contribution in [-0.2, 0) is 16.1 Å². The molecule has 2 heterocycles. The smallest absolute Gasteiger partial charge is 0.293 e. The van der Waals surface area contributed by atoms with Gasteiger partial charge in [-0.15, -0.1) is 0 Å². The third kappa shape index (κ3) is 4.94. The summed E-state index contributed by atoms with van der Waals surface area (Å²) >= 11 is 0. The largest absolute Gasteiger partial charge is 0.468 e. The number of nitrogens with zero attached hydrogens (tertiary/aromatic N) is 2. The minimum atomic E-state index is 0.463. The van der Waals surface area contributed by atoms with Gasteiger partial charge < -0.3 is 9.64 Å². The molecule has 0 unspecified atom stereocenters. The third-order valence-corrected chi connectivity index (χ3v) is 4.84. The van der Waals surface area contributed by atoms with Gasteiger partial charge in [0.25, 0.3) is 6.47 Å². The van der Waals surface area contributed by atoms with Crippen molar-refractivity contribution in [3.05, 3.63) is 59.4 Å². The molecule has 0 spiro atoms. The van der Waals surface area contributed by atoms with Gasteiger partial charge in [0.1, 0.15) is 0 Å². The van der Waals surface area contributed by atoms with Crippen LogP contribution in [0.15, 0.2) is 42.6 Å². The van der Waals surface area contributed by atoms with Crippen LogP contribution in [0.5, 0.6) is 0 Å². The van der Waals surface area contributed by atoms with Crippen molar-refractivity contribution < 1.29 is 14.1 Å². The van der Waals surface area contributed by atoms with Gasteiger partial charge in [0.2, 0.25) is 0 Å². The van der Waals surface area contributed by atoms with E-state index < -0.39 is 0 Å². The molecule has 0 N–H and O–H groups in total. The van der Waals surface area contributed by atoms with Crippen molar-refractivity contribution in [2.45, 2.75) is 32.7 Å². The van der Waals surface area contributed by atoms with Crippen LogP contribution >= 0.6 is 0 Å². The van der Waals surface area contributed by atoms with Crippen molar-refractivity contribution in [2.75, 3.05) is 24.6 Å². The predicted molar refractivity (Wildman–Crippen MR) is 105 cm³/mol. The number of pyridine rings is 1. The number of carbonyl (C=O) groups is 1. The summed E-state index contributed by atoms with van der Waals surface area (Å²) in [6.45, 7) is 6.28. The Hall–Kier alpha value is -2.62. The van der Waals surface area contributed by atoms with E-state index in [4.69, 9.17) is 4.74 Å². The molecule has 1 aliphatic rings. The lowest BCUT2D eigenvalue weighted by Crippen LogP contribution is -2.37. The van der Waals surface area contributed by atoms with Gasteiger partial charge in [-0.2, -0.15) is 0 Å². The van der Waals surface area contributed by atoms with E-state index in [1.165, 1.54) is 48.4 Å². The molecule has 1 aromatic carbocycles. The van der Waals surface area contributed by atoms with Gasteiger partial charge >= 0.3 is 0 Å². The Morgan fingerprint density at radius 3 is 2.50 bits per heavy atom. The topological polar surface area (TPSA) is 33.4 Å². The lowest BCUT2D eigenvalue weighted by Gasteiger charge is -2.17. The maximum Gasteiger partial charge on any atom is 0.293 e. The monoisotopic (exact) mass is 351 g/mol. The zero-order valence-corrected chi connectivity index (χ0v) is 15.4. The summed E-state index contributed by atoms with van der Waals surface area (Å²) in [7, 11) is 0. The molecule has 26 heavy (non-hydrogen) atoms. The molecule has 2 aromatic rings. The van der Waals surface area contributed by atoms with Crippen molar-refractivity contribution in [1.29, 1.82) is 0 Å². The molecule has 0 radical (unpaired) electrons. The summed E-state index contributed by atoms with van der Waals surface area (Å²) in [5.41, 5.74) is 4.93. The number of aromatic nitrogens is 1. The molecule has 4 heteroatoms. The van der Waals surface area contributed by atoms with Gasteiger partial charge in [0.05, 0.1) is 6.61 Å². The number of benzene rings is 1. The highest BCUT2D eigenvalue weighted by Gasteiger charge is 2.11. The minimum Gasteiger partial charge on any atom is -0.468 e. The van der Waals surface area contributed by atoms with Gasteiger partial charge in [0.15, 0.2) is 18.4 Å². The Balaban J connectivity index is 1.59. The van der Waals surface area contributed by atoms with Crippen LogP contribution in [0.1, 0.15) is 36.1 Å². The van der Waals surface area contributed by atoms with Gasteiger partial charge in [-0.1, -0.05) is 24.3 Å². The summed E-state index contributed by atoms with van der Waals surface area (Å²) in [5.74, 6) is 0. The van der Waals surface area contributed by atoms with Crippen molar-refractivity contribution in [2.24, 2.45) is 0 Å². The molecule has 1 fully saturated rings. The molecule has 0 amide bonds. The second-order valence-electron chi connectivity index (χ2n) is 6.73.